The number of halogens is 3. The fourth-order valence-corrected chi connectivity index (χ4v) is 2.91. The van der Waals surface area contributed by atoms with Gasteiger partial charge < -0.3 is 0 Å². The molecule has 22 heavy (non-hydrogen) atoms. The number of allylic oxidation sites excluding steroid dienone is 4. The zero-order valence-electron chi connectivity index (χ0n) is 12.2. The Labute approximate surface area is 128 Å². The summed E-state index contributed by atoms with van der Waals surface area (Å²) in [5.41, 5.74) is 0.414. The summed E-state index contributed by atoms with van der Waals surface area (Å²) in [6.07, 6.45) is 6.93. The molecule has 0 aliphatic heterocycles. The normalized spacial score (nSPS) is 23.0. The Hall–Kier alpha value is -2.02. The van der Waals surface area contributed by atoms with Crippen molar-refractivity contribution in [1.82, 2.24) is 0 Å². The van der Waals surface area contributed by atoms with Gasteiger partial charge in [-0.2, -0.15) is 18.4 Å². The van der Waals surface area contributed by atoms with E-state index in [0.717, 1.165) is 31.2 Å². The Bertz CT molecular complexity index is 568. The third kappa shape index (κ3) is 4.49. The quantitative estimate of drug-likeness (QED) is 0.525. The van der Waals surface area contributed by atoms with Crippen LogP contribution in [0.4, 0.5) is 13.2 Å². The molecule has 0 radical (unpaired) electrons. The molecule has 116 valence electrons. The molecule has 1 saturated carbocycles. The standard InChI is InChI=1S/C18H18F3N/c19-18(20,21)17-11-9-16(10-12-17)15-7-5-14(6-8-15)4-2-1-3-13-22/h1-4,9-12,14-15H,5-8H2/t14-,15-. The maximum atomic E-state index is 12.6. The van der Waals surface area contributed by atoms with Crippen LogP contribution in [-0.4, -0.2) is 0 Å². The molecular formula is C18H18F3N. The van der Waals surface area contributed by atoms with Crippen molar-refractivity contribution in [3.05, 3.63) is 59.7 Å². The number of rotatable bonds is 3. The van der Waals surface area contributed by atoms with E-state index in [1.165, 1.54) is 18.2 Å². The van der Waals surface area contributed by atoms with Crippen molar-refractivity contribution >= 4 is 0 Å². The molecule has 0 heterocycles. The molecule has 0 unspecified atom stereocenters. The van der Waals surface area contributed by atoms with Gasteiger partial charge in [0.2, 0.25) is 0 Å². The van der Waals surface area contributed by atoms with Crippen LogP contribution >= 0.6 is 0 Å². The second kappa shape index (κ2) is 7.31. The predicted molar refractivity (Wildman–Crippen MR) is 80.0 cm³/mol. The van der Waals surface area contributed by atoms with Crippen LogP contribution in [0.3, 0.4) is 0 Å². The first-order chi connectivity index (χ1) is 10.5. The summed E-state index contributed by atoms with van der Waals surface area (Å²) in [6.45, 7) is 0. The van der Waals surface area contributed by atoms with E-state index in [-0.39, 0.29) is 0 Å². The number of hydrogen-bond donors (Lipinski definition) is 0. The van der Waals surface area contributed by atoms with E-state index in [1.807, 2.05) is 12.1 Å². The second-order valence-corrected chi connectivity index (χ2v) is 5.60. The summed E-state index contributed by atoms with van der Waals surface area (Å²) >= 11 is 0. The maximum Gasteiger partial charge on any atom is 0.416 e. The van der Waals surface area contributed by atoms with Gasteiger partial charge in [0.15, 0.2) is 0 Å². The first-order valence-corrected chi connectivity index (χ1v) is 7.41. The van der Waals surface area contributed by atoms with Crippen molar-refractivity contribution in [2.75, 3.05) is 0 Å². The minimum absolute atomic E-state index is 0.349. The lowest BCUT2D eigenvalue weighted by atomic mass is 9.78. The van der Waals surface area contributed by atoms with Crippen LogP contribution in [0.2, 0.25) is 0 Å². The van der Waals surface area contributed by atoms with Crippen molar-refractivity contribution in [1.29, 1.82) is 5.26 Å². The lowest BCUT2D eigenvalue weighted by Crippen LogP contribution is -2.12. The van der Waals surface area contributed by atoms with Crippen LogP contribution in [0.25, 0.3) is 0 Å². The summed E-state index contributed by atoms with van der Waals surface area (Å²) in [6, 6.07) is 7.51. The molecule has 0 spiro atoms. The topological polar surface area (TPSA) is 23.8 Å². The van der Waals surface area contributed by atoms with Gasteiger partial charge in [0, 0.05) is 6.08 Å². The molecule has 4 heteroatoms. The molecule has 0 aromatic heterocycles. The van der Waals surface area contributed by atoms with Crippen LogP contribution in [0, 0.1) is 17.2 Å². The largest absolute Gasteiger partial charge is 0.416 e. The van der Waals surface area contributed by atoms with Crippen molar-refractivity contribution in [3.8, 4) is 6.07 Å². The maximum absolute atomic E-state index is 12.6. The average Bonchev–Trinajstić information content (AvgIpc) is 2.51. The second-order valence-electron chi connectivity index (χ2n) is 5.60. The Balaban J connectivity index is 1.90. The van der Waals surface area contributed by atoms with Crippen molar-refractivity contribution in [2.45, 2.75) is 37.8 Å². The van der Waals surface area contributed by atoms with E-state index >= 15 is 0 Å². The van der Waals surface area contributed by atoms with Crippen molar-refractivity contribution in [2.24, 2.45) is 5.92 Å². The lowest BCUT2D eigenvalue weighted by molar-refractivity contribution is -0.137. The summed E-state index contributed by atoms with van der Waals surface area (Å²) in [5.74, 6) is 0.843. The first kappa shape index (κ1) is 16.4. The number of alkyl halides is 3. The van der Waals surface area contributed by atoms with Crippen molar-refractivity contribution in [3.63, 3.8) is 0 Å². The third-order valence-corrected chi connectivity index (χ3v) is 4.15. The Morgan fingerprint density at radius 2 is 1.64 bits per heavy atom. The van der Waals surface area contributed by atoms with Gasteiger partial charge in [-0.1, -0.05) is 30.4 Å². The highest BCUT2D eigenvalue weighted by Crippen LogP contribution is 2.37. The van der Waals surface area contributed by atoms with Gasteiger partial charge in [-0.05, 0) is 55.2 Å². The zero-order valence-corrected chi connectivity index (χ0v) is 12.2. The number of benzene rings is 1. The van der Waals surface area contributed by atoms with Gasteiger partial charge in [0.25, 0.3) is 0 Å². The molecule has 1 aliphatic carbocycles. The van der Waals surface area contributed by atoms with Crippen molar-refractivity contribution < 1.29 is 13.2 Å². The fraction of sp³-hybridized carbons (Fsp3) is 0.389. The van der Waals surface area contributed by atoms with E-state index < -0.39 is 11.7 Å². The Morgan fingerprint density at radius 1 is 1.00 bits per heavy atom. The minimum Gasteiger partial charge on any atom is -0.193 e. The van der Waals surface area contributed by atoms with Gasteiger partial charge in [0.1, 0.15) is 0 Å². The number of hydrogen-bond acceptors (Lipinski definition) is 1. The summed E-state index contributed by atoms with van der Waals surface area (Å²) in [4.78, 5) is 0. The molecule has 0 amide bonds. The Morgan fingerprint density at radius 3 is 2.18 bits per heavy atom. The summed E-state index contributed by atoms with van der Waals surface area (Å²) in [5, 5.41) is 8.39. The van der Waals surface area contributed by atoms with E-state index in [0.29, 0.717) is 11.8 Å². The molecule has 2 rings (SSSR count). The molecule has 1 aliphatic rings. The molecule has 0 bridgehead atoms. The first-order valence-electron chi connectivity index (χ1n) is 7.41. The van der Waals surface area contributed by atoms with Crippen LogP contribution < -0.4 is 0 Å². The average molecular weight is 305 g/mol. The SMILES string of the molecule is N#CC=CC=C[C@H]1CC[C@H](c2ccc(C(F)(F)F)cc2)CC1. The van der Waals surface area contributed by atoms with Gasteiger partial charge in [-0.15, -0.1) is 0 Å². The number of nitriles is 1. The molecule has 0 N–H and O–H groups in total. The van der Waals surface area contributed by atoms with E-state index in [1.54, 1.807) is 18.2 Å². The molecule has 0 atom stereocenters. The monoisotopic (exact) mass is 305 g/mol. The summed E-state index contributed by atoms with van der Waals surface area (Å²) < 4.78 is 37.7. The minimum atomic E-state index is -4.27. The molecule has 1 nitrogen and oxygen atoms in total. The fourth-order valence-electron chi connectivity index (χ4n) is 2.91. The highest BCUT2D eigenvalue weighted by molar-refractivity contribution is 5.27. The summed E-state index contributed by atoms with van der Waals surface area (Å²) in [7, 11) is 0. The van der Waals surface area contributed by atoms with Gasteiger partial charge in [0.05, 0.1) is 11.6 Å². The molecule has 1 fully saturated rings. The molecule has 1 aromatic carbocycles. The van der Waals surface area contributed by atoms with E-state index in [9.17, 15) is 13.2 Å². The van der Waals surface area contributed by atoms with Crippen LogP contribution in [0.5, 0.6) is 0 Å². The molecule has 1 aromatic rings. The van der Waals surface area contributed by atoms with E-state index in [2.05, 4.69) is 6.08 Å². The molecule has 0 saturated heterocycles. The third-order valence-electron chi connectivity index (χ3n) is 4.15. The molecular weight excluding hydrogens is 287 g/mol. The van der Waals surface area contributed by atoms with Gasteiger partial charge in [-0.3, -0.25) is 0 Å². The lowest BCUT2D eigenvalue weighted by Gasteiger charge is -2.27. The predicted octanol–water partition coefficient (Wildman–Crippen LogP) is 5.62. The van der Waals surface area contributed by atoms with E-state index in [4.69, 9.17) is 5.26 Å². The van der Waals surface area contributed by atoms with Crippen LogP contribution in [0.15, 0.2) is 48.6 Å². The van der Waals surface area contributed by atoms with Gasteiger partial charge in [-0.25, -0.2) is 0 Å². The van der Waals surface area contributed by atoms with Crippen LogP contribution in [0.1, 0.15) is 42.7 Å². The highest BCUT2D eigenvalue weighted by atomic mass is 19.4. The highest BCUT2D eigenvalue weighted by Gasteiger charge is 2.30. The number of nitrogens with zero attached hydrogens (tertiary/aromatic N) is 1. The Kier molecular flexibility index (Phi) is 5.43. The smallest absolute Gasteiger partial charge is 0.193 e. The van der Waals surface area contributed by atoms with Crippen LogP contribution in [-0.2, 0) is 6.18 Å². The zero-order chi connectivity index (χ0) is 16.0. The van der Waals surface area contributed by atoms with Gasteiger partial charge >= 0.3 is 6.18 Å².